The second-order valence-corrected chi connectivity index (χ2v) is 9.31. The number of hydrogen-bond donors (Lipinski definition) is 1. The Morgan fingerprint density at radius 2 is 1.42 bits per heavy atom. The molecule has 0 radical (unpaired) electrons. The van der Waals surface area contributed by atoms with Gasteiger partial charge in [0.25, 0.3) is 0 Å². The van der Waals surface area contributed by atoms with Crippen molar-refractivity contribution >= 4 is 21.9 Å². The highest BCUT2D eigenvalue weighted by atomic mass is 16.4. The van der Waals surface area contributed by atoms with Gasteiger partial charge in [0.15, 0.2) is 0 Å². The van der Waals surface area contributed by atoms with E-state index in [9.17, 15) is 9.90 Å². The summed E-state index contributed by atoms with van der Waals surface area (Å²) < 4.78 is 11.4. The molecular formula is C29H40O4. The van der Waals surface area contributed by atoms with Gasteiger partial charge in [0.2, 0.25) is 0 Å². The van der Waals surface area contributed by atoms with Gasteiger partial charge in [-0.2, -0.15) is 0 Å². The van der Waals surface area contributed by atoms with Crippen molar-refractivity contribution in [3.63, 3.8) is 0 Å². The zero-order valence-corrected chi connectivity index (χ0v) is 20.5. The highest BCUT2D eigenvalue weighted by Gasteiger charge is 2.15. The van der Waals surface area contributed by atoms with E-state index in [0.717, 1.165) is 19.3 Å². The van der Waals surface area contributed by atoms with Gasteiger partial charge in [-0.1, -0.05) is 70.4 Å². The molecule has 2 aromatic heterocycles. The molecule has 0 saturated carbocycles. The van der Waals surface area contributed by atoms with Crippen LogP contribution in [-0.4, -0.2) is 5.11 Å². The maximum absolute atomic E-state index is 12.5. The van der Waals surface area contributed by atoms with Crippen molar-refractivity contribution in [2.45, 2.75) is 104 Å². The first-order chi connectivity index (χ1) is 16.1. The maximum atomic E-state index is 12.5. The van der Waals surface area contributed by atoms with E-state index in [1.165, 1.54) is 70.6 Å². The first-order valence-electron chi connectivity index (χ1n) is 12.9. The Hall–Kier alpha value is -2.49. The quantitative estimate of drug-likeness (QED) is 0.185. The van der Waals surface area contributed by atoms with Crippen LogP contribution in [-0.2, 0) is 6.42 Å². The molecule has 3 aromatic rings. The highest BCUT2D eigenvalue weighted by molar-refractivity contribution is 6.04. The number of aromatic hydroxyl groups is 1. The van der Waals surface area contributed by atoms with Crippen molar-refractivity contribution < 1.29 is 13.9 Å². The minimum absolute atomic E-state index is 0.166. The average molecular weight is 453 g/mol. The van der Waals surface area contributed by atoms with Gasteiger partial charge in [-0.25, -0.2) is 4.79 Å². The predicted molar refractivity (Wildman–Crippen MR) is 137 cm³/mol. The first kappa shape index (κ1) is 25.1. The lowest BCUT2D eigenvalue weighted by Crippen LogP contribution is -2.01. The summed E-state index contributed by atoms with van der Waals surface area (Å²) in [6, 6.07) is 5.17. The molecule has 4 heteroatoms. The third-order valence-electron chi connectivity index (χ3n) is 6.44. The summed E-state index contributed by atoms with van der Waals surface area (Å²) in [6.45, 7) is 4.07. The molecule has 180 valence electrons. The third-order valence-corrected chi connectivity index (χ3v) is 6.44. The van der Waals surface area contributed by atoms with E-state index in [0.29, 0.717) is 33.3 Å². The molecule has 1 aromatic carbocycles. The number of rotatable bonds is 15. The highest BCUT2D eigenvalue weighted by Crippen LogP contribution is 2.32. The van der Waals surface area contributed by atoms with Gasteiger partial charge in [0.1, 0.15) is 28.1 Å². The average Bonchev–Trinajstić information content (AvgIpc) is 3.14. The molecule has 1 N–H and O–H groups in total. The number of phenolic OH excluding ortho intramolecular Hbond substituents is 1. The van der Waals surface area contributed by atoms with E-state index in [2.05, 4.69) is 19.1 Å². The predicted octanol–water partition coefficient (Wildman–Crippen LogP) is 8.74. The Labute approximate surface area is 197 Å². The largest absolute Gasteiger partial charge is 0.508 e. The van der Waals surface area contributed by atoms with Crippen LogP contribution in [0.25, 0.3) is 21.9 Å². The summed E-state index contributed by atoms with van der Waals surface area (Å²) in [5.41, 5.74) is 1.40. The number of unbranched alkanes of at least 4 members (excludes halogenated alkanes) is 11. The van der Waals surface area contributed by atoms with Crippen molar-refractivity contribution in [2.24, 2.45) is 0 Å². The molecule has 0 unspecified atom stereocenters. The Kier molecular flexibility index (Phi) is 10.1. The normalized spacial score (nSPS) is 11.9. The standard InChI is InChI=1S/C29H40O4/c1-3-4-5-6-7-8-9-10-11-12-13-14-15-16-17-18-23-20-27-28(29(31)32-23)24-19-22(2)25(30)21-26(24)33-27/h10-11,19-21,30H,3-9,12-18H2,1-2H3/b11-10+. The van der Waals surface area contributed by atoms with Crippen LogP contribution in [0.1, 0.15) is 102 Å². The van der Waals surface area contributed by atoms with Crippen molar-refractivity contribution in [1.29, 1.82) is 0 Å². The summed E-state index contributed by atoms with van der Waals surface area (Å²) >= 11 is 0. The van der Waals surface area contributed by atoms with Crippen LogP contribution in [0.4, 0.5) is 0 Å². The zero-order valence-electron chi connectivity index (χ0n) is 20.5. The third kappa shape index (κ3) is 7.52. The van der Waals surface area contributed by atoms with Crippen LogP contribution < -0.4 is 5.63 Å². The molecule has 0 aliphatic rings. The van der Waals surface area contributed by atoms with Gasteiger partial charge < -0.3 is 13.9 Å². The molecule has 0 spiro atoms. The monoisotopic (exact) mass is 452 g/mol. The second kappa shape index (κ2) is 13.3. The summed E-state index contributed by atoms with van der Waals surface area (Å²) in [5.74, 6) is 0.838. The Morgan fingerprint density at radius 1 is 0.788 bits per heavy atom. The summed E-state index contributed by atoms with van der Waals surface area (Å²) in [5, 5.41) is 11.1. The van der Waals surface area contributed by atoms with Crippen LogP contribution in [0.5, 0.6) is 5.75 Å². The van der Waals surface area contributed by atoms with Crippen LogP contribution in [0.3, 0.4) is 0 Å². The van der Waals surface area contributed by atoms with Crippen molar-refractivity contribution in [3.8, 4) is 5.75 Å². The number of benzene rings is 1. The van der Waals surface area contributed by atoms with Crippen molar-refractivity contribution in [1.82, 2.24) is 0 Å². The number of fused-ring (bicyclic) bond motifs is 3. The van der Waals surface area contributed by atoms with Crippen LogP contribution in [0, 0.1) is 6.92 Å². The van der Waals surface area contributed by atoms with Gasteiger partial charge in [0, 0.05) is 23.9 Å². The topological polar surface area (TPSA) is 63.6 Å². The smallest absolute Gasteiger partial charge is 0.347 e. The molecule has 0 bridgehead atoms. The summed E-state index contributed by atoms with van der Waals surface area (Å²) in [4.78, 5) is 12.5. The molecule has 3 rings (SSSR count). The zero-order chi connectivity index (χ0) is 23.5. The Morgan fingerprint density at radius 3 is 2.12 bits per heavy atom. The minimum Gasteiger partial charge on any atom is -0.508 e. The molecule has 0 amide bonds. The van der Waals surface area contributed by atoms with Crippen LogP contribution in [0.2, 0.25) is 0 Å². The fourth-order valence-electron chi connectivity index (χ4n) is 4.41. The van der Waals surface area contributed by atoms with Gasteiger partial charge >= 0.3 is 5.63 Å². The molecule has 33 heavy (non-hydrogen) atoms. The molecular weight excluding hydrogens is 412 g/mol. The van der Waals surface area contributed by atoms with E-state index in [1.54, 1.807) is 19.1 Å². The Bertz CT molecular complexity index is 1090. The second-order valence-electron chi connectivity index (χ2n) is 9.31. The van der Waals surface area contributed by atoms with Crippen LogP contribution in [0.15, 0.2) is 44.0 Å². The fraction of sp³-hybridized carbons (Fsp3) is 0.552. The molecule has 0 saturated heterocycles. The molecule has 2 heterocycles. The van der Waals surface area contributed by atoms with Crippen molar-refractivity contribution in [2.75, 3.05) is 0 Å². The Balaban J connectivity index is 1.33. The number of hydrogen-bond acceptors (Lipinski definition) is 4. The van der Waals surface area contributed by atoms with Gasteiger partial charge in [0.05, 0.1) is 0 Å². The molecule has 0 aliphatic carbocycles. The SMILES string of the molecule is CCCCCCCC/C=C/CCCCCCCc1cc2oc3cc(O)c(C)cc3c2c(=O)o1. The van der Waals surface area contributed by atoms with E-state index >= 15 is 0 Å². The minimum atomic E-state index is -0.362. The summed E-state index contributed by atoms with van der Waals surface area (Å²) in [6.07, 6.45) is 21.9. The molecule has 0 fully saturated rings. The lowest BCUT2D eigenvalue weighted by molar-refractivity contribution is 0.453. The number of furan rings is 1. The molecule has 0 atom stereocenters. The van der Waals surface area contributed by atoms with E-state index < -0.39 is 0 Å². The fourth-order valence-corrected chi connectivity index (χ4v) is 4.41. The molecule has 4 nitrogen and oxygen atoms in total. The van der Waals surface area contributed by atoms with Crippen molar-refractivity contribution in [3.05, 3.63) is 52.1 Å². The van der Waals surface area contributed by atoms with E-state index in [-0.39, 0.29) is 11.4 Å². The lowest BCUT2D eigenvalue weighted by Gasteiger charge is -2.01. The number of allylic oxidation sites excluding steroid dienone is 2. The summed E-state index contributed by atoms with van der Waals surface area (Å²) in [7, 11) is 0. The number of aryl methyl sites for hydroxylation is 2. The van der Waals surface area contributed by atoms with E-state index in [4.69, 9.17) is 8.83 Å². The lowest BCUT2D eigenvalue weighted by atomic mass is 10.1. The first-order valence-corrected chi connectivity index (χ1v) is 12.9. The van der Waals surface area contributed by atoms with E-state index in [1.807, 2.05) is 6.07 Å². The van der Waals surface area contributed by atoms with Gasteiger partial charge in [-0.3, -0.25) is 0 Å². The van der Waals surface area contributed by atoms with Crippen LogP contribution >= 0.6 is 0 Å². The molecule has 0 aliphatic heterocycles. The maximum Gasteiger partial charge on any atom is 0.347 e. The van der Waals surface area contributed by atoms with Gasteiger partial charge in [-0.05, 0) is 50.7 Å². The van der Waals surface area contributed by atoms with Gasteiger partial charge in [-0.15, -0.1) is 0 Å². The number of phenols is 1.